The summed E-state index contributed by atoms with van der Waals surface area (Å²) >= 11 is 6.14. The topological polar surface area (TPSA) is 51.2 Å². The molecule has 0 spiro atoms. The Bertz CT molecular complexity index is 867. The fourth-order valence-electron chi connectivity index (χ4n) is 3.16. The van der Waals surface area contributed by atoms with Gasteiger partial charge >= 0.3 is 0 Å². The number of ether oxygens (including phenoxy) is 1. The smallest absolute Gasteiger partial charge is 0.232 e. The van der Waals surface area contributed by atoms with E-state index in [0.29, 0.717) is 17.3 Å². The van der Waals surface area contributed by atoms with E-state index in [4.69, 9.17) is 16.3 Å². The third-order valence-corrected chi connectivity index (χ3v) is 5.03. The van der Waals surface area contributed by atoms with Crippen molar-refractivity contribution in [2.45, 2.75) is 45.1 Å². The highest BCUT2D eigenvalue weighted by Gasteiger charge is 2.21. The maximum Gasteiger partial charge on any atom is 0.232 e. The number of amides is 1. The molecule has 0 unspecified atom stereocenters. The Kier molecular flexibility index (Phi) is 5.56. The zero-order chi connectivity index (χ0) is 19.6. The molecule has 0 radical (unpaired) electrons. The molecule has 1 saturated heterocycles. The number of hydrogen-bond donors (Lipinski definition) is 1. The quantitative estimate of drug-likeness (QED) is 0.827. The van der Waals surface area contributed by atoms with Crippen LogP contribution < -0.4 is 10.1 Å². The normalized spacial score (nSPS) is 17.7. The first-order valence-electron chi connectivity index (χ1n) is 9.11. The average molecular weight is 385 g/mol. The number of aromatic nitrogens is 1. The number of halogens is 1. The van der Waals surface area contributed by atoms with Gasteiger partial charge in [0.05, 0.1) is 12.8 Å². The molecule has 1 aromatic carbocycles. The molecule has 0 saturated carbocycles. The lowest BCUT2D eigenvalue weighted by atomic mass is 9.86. The molecule has 1 aromatic heterocycles. The molecule has 1 aliphatic rings. The van der Waals surface area contributed by atoms with Crippen LogP contribution in [0.4, 0.5) is 0 Å². The predicted octanol–water partition coefficient (Wildman–Crippen LogP) is 4.75. The first-order valence-corrected chi connectivity index (χ1v) is 9.49. The van der Waals surface area contributed by atoms with E-state index in [1.807, 2.05) is 6.07 Å². The van der Waals surface area contributed by atoms with Crippen molar-refractivity contribution in [1.82, 2.24) is 10.3 Å². The van der Waals surface area contributed by atoms with E-state index in [-0.39, 0.29) is 17.4 Å². The van der Waals surface area contributed by atoms with Gasteiger partial charge in [-0.3, -0.25) is 4.79 Å². The molecule has 2 heterocycles. The molecule has 0 bridgehead atoms. The maximum atomic E-state index is 11.6. The van der Waals surface area contributed by atoms with Crippen molar-refractivity contribution >= 4 is 23.1 Å². The van der Waals surface area contributed by atoms with Gasteiger partial charge in [-0.25, -0.2) is 4.98 Å². The highest BCUT2D eigenvalue weighted by molar-refractivity contribution is 6.31. The molecule has 0 aliphatic carbocycles. The Morgan fingerprint density at radius 3 is 2.48 bits per heavy atom. The molecular weight excluding hydrogens is 360 g/mol. The van der Waals surface area contributed by atoms with Gasteiger partial charge in [0.1, 0.15) is 5.02 Å². The fraction of sp³-hybridized carbons (Fsp3) is 0.364. The second-order valence-electron chi connectivity index (χ2n) is 7.81. The molecule has 1 atom stereocenters. The summed E-state index contributed by atoms with van der Waals surface area (Å²) in [6.45, 7) is 6.58. The summed E-state index contributed by atoms with van der Waals surface area (Å²) in [5.74, 6) is 0.474. The van der Waals surface area contributed by atoms with Crippen molar-refractivity contribution in [3.8, 4) is 5.88 Å². The lowest BCUT2D eigenvalue weighted by Gasteiger charge is -2.20. The van der Waals surface area contributed by atoms with Crippen molar-refractivity contribution in [3.05, 3.63) is 64.3 Å². The van der Waals surface area contributed by atoms with Crippen molar-refractivity contribution in [2.24, 2.45) is 0 Å². The minimum atomic E-state index is -0.00161. The molecule has 1 N–H and O–H groups in total. The van der Waals surface area contributed by atoms with Crippen LogP contribution >= 0.6 is 11.6 Å². The first-order chi connectivity index (χ1) is 12.8. The number of carbonyl (C=O) groups excluding carboxylic acids is 1. The van der Waals surface area contributed by atoms with E-state index in [2.05, 4.69) is 61.4 Å². The van der Waals surface area contributed by atoms with E-state index < -0.39 is 0 Å². The molecule has 1 amide bonds. The van der Waals surface area contributed by atoms with Gasteiger partial charge in [0.25, 0.3) is 0 Å². The average Bonchev–Trinajstić information content (AvgIpc) is 3.05. The molecule has 2 aromatic rings. The lowest BCUT2D eigenvalue weighted by molar-refractivity contribution is -0.119. The van der Waals surface area contributed by atoms with Gasteiger partial charge in [-0.2, -0.15) is 0 Å². The first kappa shape index (κ1) is 19.4. The Hall–Kier alpha value is -2.33. The van der Waals surface area contributed by atoms with Crippen LogP contribution in [0.15, 0.2) is 42.5 Å². The minimum absolute atomic E-state index is 0.00161. The predicted molar refractivity (Wildman–Crippen MR) is 109 cm³/mol. The number of benzene rings is 1. The van der Waals surface area contributed by atoms with Crippen LogP contribution in [0.1, 0.15) is 50.4 Å². The van der Waals surface area contributed by atoms with Gasteiger partial charge in [0.15, 0.2) is 0 Å². The highest BCUT2D eigenvalue weighted by Crippen LogP contribution is 2.31. The number of methoxy groups -OCH3 is 1. The number of rotatable bonds is 4. The van der Waals surface area contributed by atoms with Crippen molar-refractivity contribution in [1.29, 1.82) is 0 Å². The van der Waals surface area contributed by atoms with Gasteiger partial charge in [0, 0.05) is 18.0 Å². The van der Waals surface area contributed by atoms with Crippen LogP contribution in [0.3, 0.4) is 0 Å². The summed E-state index contributed by atoms with van der Waals surface area (Å²) < 4.78 is 5.28. The van der Waals surface area contributed by atoms with Gasteiger partial charge in [-0.15, -0.1) is 0 Å². The zero-order valence-electron chi connectivity index (χ0n) is 16.2. The van der Waals surface area contributed by atoms with Crippen LogP contribution in [0, 0.1) is 0 Å². The minimum Gasteiger partial charge on any atom is -0.480 e. The van der Waals surface area contributed by atoms with Crippen molar-refractivity contribution in [3.63, 3.8) is 0 Å². The molecule has 5 heteroatoms. The summed E-state index contributed by atoms with van der Waals surface area (Å²) in [5.41, 5.74) is 4.12. The van der Waals surface area contributed by atoms with Crippen LogP contribution in [0.25, 0.3) is 5.57 Å². The summed E-state index contributed by atoms with van der Waals surface area (Å²) in [5, 5.41) is 3.47. The Balaban J connectivity index is 2.05. The Labute approximate surface area is 165 Å². The Morgan fingerprint density at radius 1 is 1.22 bits per heavy atom. The van der Waals surface area contributed by atoms with E-state index in [1.165, 1.54) is 5.56 Å². The molecule has 4 nitrogen and oxygen atoms in total. The van der Waals surface area contributed by atoms with Gasteiger partial charge in [0.2, 0.25) is 11.8 Å². The second-order valence-corrected chi connectivity index (χ2v) is 8.22. The summed E-state index contributed by atoms with van der Waals surface area (Å²) in [6, 6.07) is 12.2. The van der Waals surface area contributed by atoms with Crippen molar-refractivity contribution < 1.29 is 9.53 Å². The van der Waals surface area contributed by atoms with Crippen molar-refractivity contribution in [2.75, 3.05) is 7.11 Å². The number of nitrogens with zero attached hydrogens (tertiary/aromatic N) is 1. The van der Waals surface area contributed by atoms with E-state index in [0.717, 1.165) is 23.3 Å². The van der Waals surface area contributed by atoms with E-state index in [1.54, 1.807) is 13.2 Å². The maximum absolute atomic E-state index is 11.6. The number of hydrogen-bond acceptors (Lipinski definition) is 3. The standard InChI is InChI=1S/C22H25ClN2O2/c1-22(2,3)15-7-5-14(6-8-15)17(13-16-9-12-20(26)24-16)19-11-10-18(23)21(25-19)27-4/h5-8,10-11,13,16H,9,12H2,1-4H3,(H,24,26)/b17-13-/t16-/m1/s1. The summed E-state index contributed by atoms with van der Waals surface area (Å²) in [6.07, 6.45) is 3.41. The second kappa shape index (κ2) is 7.73. The number of pyridine rings is 1. The SMILES string of the molecule is COc1nc(/C(=C\[C@H]2CCC(=O)N2)c2ccc(C(C)(C)C)cc2)ccc1Cl. The van der Waals surface area contributed by atoms with Gasteiger partial charge in [-0.05, 0) is 35.1 Å². The highest BCUT2D eigenvalue weighted by atomic mass is 35.5. The Morgan fingerprint density at radius 2 is 1.93 bits per heavy atom. The lowest BCUT2D eigenvalue weighted by Crippen LogP contribution is -2.23. The fourth-order valence-corrected chi connectivity index (χ4v) is 3.34. The third-order valence-electron chi connectivity index (χ3n) is 4.74. The zero-order valence-corrected chi connectivity index (χ0v) is 16.9. The van der Waals surface area contributed by atoms with E-state index >= 15 is 0 Å². The molecule has 27 heavy (non-hydrogen) atoms. The van der Waals surface area contributed by atoms with Crippen LogP contribution in [-0.2, 0) is 10.2 Å². The van der Waals surface area contributed by atoms with Crippen LogP contribution in [-0.4, -0.2) is 24.0 Å². The monoisotopic (exact) mass is 384 g/mol. The van der Waals surface area contributed by atoms with Gasteiger partial charge < -0.3 is 10.1 Å². The molecule has 1 fully saturated rings. The summed E-state index contributed by atoms with van der Waals surface area (Å²) in [7, 11) is 1.55. The molecule has 1 aliphatic heterocycles. The molecular formula is C22H25ClN2O2. The van der Waals surface area contributed by atoms with Crippen LogP contribution in [0.2, 0.25) is 5.02 Å². The number of carbonyl (C=O) groups is 1. The van der Waals surface area contributed by atoms with E-state index in [9.17, 15) is 4.79 Å². The number of nitrogens with one attached hydrogen (secondary N) is 1. The van der Waals surface area contributed by atoms with Gasteiger partial charge in [-0.1, -0.05) is 62.7 Å². The largest absolute Gasteiger partial charge is 0.480 e. The van der Waals surface area contributed by atoms with Crippen LogP contribution in [0.5, 0.6) is 5.88 Å². The molecule has 3 rings (SSSR count). The third kappa shape index (κ3) is 4.51. The summed E-state index contributed by atoms with van der Waals surface area (Å²) in [4.78, 5) is 16.2. The molecule has 142 valence electrons.